The first-order valence-electron chi connectivity index (χ1n) is 9.77. The number of rotatable bonds is 9. The number of hydrazone groups is 1. The average Bonchev–Trinajstić information content (AvgIpc) is 2.67. The summed E-state index contributed by atoms with van der Waals surface area (Å²) in [6, 6.07) is 13.4. The number of carbonyl (C=O) groups is 1. The minimum atomic E-state index is -0.326. The van der Waals surface area contributed by atoms with Gasteiger partial charge in [0.25, 0.3) is 5.91 Å². The molecule has 0 aliphatic carbocycles. The van der Waals surface area contributed by atoms with E-state index in [1.54, 1.807) is 6.21 Å². The fourth-order valence-corrected chi connectivity index (χ4v) is 2.92. The van der Waals surface area contributed by atoms with Crippen molar-refractivity contribution in [3.63, 3.8) is 0 Å². The van der Waals surface area contributed by atoms with Crippen LogP contribution in [0.5, 0.6) is 11.5 Å². The van der Waals surface area contributed by atoms with Crippen LogP contribution in [0.15, 0.2) is 52.0 Å². The zero-order chi connectivity index (χ0) is 21.3. The van der Waals surface area contributed by atoms with Crippen LogP contribution in [0.25, 0.3) is 0 Å². The lowest BCUT2D eigenvalue weighted by Gasteiger charge is -2.20. The number of amides is 1. The average molecular weight is 461 g/mol. The number of unbranched alkanes of at least 4 members (excludes halogenated alkanes) is 1. The van der Waals surface area contributed by atoms with Gasteiger partial charge in [-0.3, -0.25) is 4.79 Å². The second-order valence-corrected chi connectivity index (χ2v) is 8.60. The first kappa shape index (κ1) is 22.9. The molecule has 1 amide bonds. The second kappa shape index (κ2) is 11.0. The SMILES string of the molecule is CCCCOc1ccc(/C=N/NC(=O)COc2ccc(C(C)(C)C)cc2Br)cc1. The molecule has 156 valence electrons. The lowest BCUT2D eigenvalue weighted by molar-refractivity contribution is -0.123. The maximum atomic E-state index is 12.0. The van der Waals surface area contributed by atoms with Crippen molar-refractivity contribution in [3.8, 4) is 11.5 Å². The summed E-state index contributed by atoms with van der Waals surface area (Å²) in [6.07, 6.45) is 3.73. The number of nitrogens with one attached hydrogen (secondary N) is 1. The van der Waals surface area contributed by atoms with Gasteiger partial charge in [0, 0.05) is 0 Å². The highest BCUT2D eigenvalue weighted by Crippen LogP contribution is 2.31. The van der Waals surface area contributed by atoms with Crippen molar-refractivity contribution < 1.29 is 14.3 Å². The monoisotopic (exact) mass is 460 g/mol. The number of hydrogen-bond acceptors (Lipinski definition) is 4. The molecule has 0 aliphatic rings. The van der Waals surface area contributed by atoms with Crippen LogP contribution in [0.1, 0.15) is 51.7 Å². The molecular weight excluding hydrogens is 432 g/mol. The van der Waals surface area contributed by atoms with Crippen LogP contribution in [0.3, 0.4) is 0 Å². The summed E-state index contributed by atoms with van der Waals surface area (Å²) < 4.78 is 12.0. The summed E-state index contributed by atoms with van der Waals surface area (Å²) in [6.45, 7) is 9.17. The molecule has 2 rings (SSSR count). The van der Waals surface area contributed by atoms with Crippen molar-refractivity contribution in [1.82, 2.24) is 5.43 Å². The molecule has 0 saturated heterocycles. The molecular formula is C23H29BrN2O3. The first-order chi connectivity index (χ1) is 13.8. The van der Waals surface area contributed by atoms with Crippen molar-refractivity contribution in [2.75, 3.05) is 13.2 Å². The molecule has 2 aromatic carbocycles. The Bertz CT molecular complexity index is 827. The van der Waals surface area contributed by atoms with Crippen LogP contribution in [0.2, 0.25) is 0 Å². The summed E-state index contributed by atoms with van der Waals surface area (Å²) in [5, 5.41) is 3.97. The Hall–Kier alpha value is -2.34. The van der Waals surface area contributed by atoms with Crippen molar-refractivity contribution in [3.05, 3.63) is 58.1 Å². The Morgan fingerprint density at radius 3 is 2.48 bits per heavy atom. The van der Waals surface area contributed by atoms with Gasteiger partial charge in [0.1, 0.15) is 11.5 Å². The van der Waals surface area contributed by atoms with Gasteiger partial charge in [-0.2, -0.15) is 5.10 Å². The smallest absolute Gasteiger partial charge is 0.277 e. The molecule has 0 unspecified atom stereocenters. The number of hydrogen-bond donors (Lipinski definition) is 1. The molecule has 0 bridgehead atoms. The van der Waals surface area contributed by atoms with Gasteiger partial charge >= 0.3 is 0 Å². The molecule has 0 atom stereocenters. The fourth-order valence-electron chi connectivity index (χ4n) is 2.42. The third-order valence-corrected chi connectivity index (χ3v) is 4.83. The highest BCUT2D eigenvalue weighted by Gasteiger charge is 2.15. The topological polar surface area (TPSA) is 59.9 Å². The van der Waals surface area contributed by atoms with E-state index >= 15 is 0 Å². The molecule has 6 heteroatoms. The molecule has 2 aromatic rings. The summed E-state index contributed by atoms with van der Waals surface area (Å²) in [5.41, 5.74) is 4.58. The van der Waals surface area contributed by atoms with Crippen LogP contribution >= 0.6 is 15.9 Å². The van der Waals surface area contributed by atoms with Crippen LogP contribution in [0.4, 0.5) is 0 Å². The quantitative estimate of drug-likeness (QED) is 0.307. The molecule has 5 nitrogen and oxygen atoms in total. The number of carbonyl (C=O) groups excluding carboxylic acids is 1. The van der Waals surface area contributed by atoms with E-state index < -0.39 is 0 Å². The summed E-state index contributed by atoms with van der Waals surface area (Å²) >= 11 is 3.50. The van der Waals surface area contributed by atoms with E-state index in [9.17, 15) is 4.79 Å². The normalized spacial score (nSPS) is 11.5. The van der Waals surface area contributed by atoms with Gasteiger partial charge in [0.2, 0.25) is 0 Å². The molecule has 0 radical (unpaired) electrons. The second-order valence-electron chi connectivity index (χ2n) is 7.75. The van der Waals surface area contributed by atoms with E-state index in [0.29, 0.717) is 5.75 Å². The lowest BCUT2D eigenvalue weighted by atomic mass is 9.87. The number of halogens is 1. The summed E-state index contributed by atoms with van der Waals surface area (Å²) in [5.74, 6) is 1.12. The minimum absolute atomic E-state index is 0.0486. The van der Waals surface area contributed by atoms with Crippen LogP contribution in [-0.2, 0) is 10.2 Å². The molecule has 0 saturated carbocycles. The van der Waals surface area contributed by atoms with Gasteiger partial charge in [-0.15, -0.1) is 0 Å². The number of ether oxygens (including phenoxy) is 2. The Kier molecular flexibility index (Phi) is 8.70. The molecule has 0 spiro atoms. The van der Waals surface area contributed by atoms with Crippen molar-refractivity contribution in [2.45, 2.75) is 46.0 Å². The number of benzene rings is 2. The van der Waals surface area contributed by atoms with Gasteiger partial charge in [0.05, 0.1) is 17.3 Å². The molecule has 0 aliphatic heterocycles. The van der Waals surface area contributed by atoms with Crippen molar-refractivity contribution in [1.29, 1.82) is 0 Å². The van der Waals surface area contributed by atoms with E-state index in [2.05, 4.69) is 54.2 Å². The standard InChI is InChI=1S/C23H29BrN2O3/c1-5-6-13-28-19-10-7-17(8-11-19)15-25-26-22(27)16-29-21-12-9-18(14-20(21)24)23(2,3)4/h7-12,14-15H,5-6,13,16H2,1-4H3,(H,26,27)/b25-15+. The predicted molar refractivity (Wildman–Crippen MR) is 121 cm³/mol. The maximum Gasteiger partial charge on any atom is 0.277 e. The van der Waals surface area contributed by atoms with E-state index in [1.165, 1.54) is 5.56 Å². The van der Waals surface area contributed by atoms with Crippen LogP contribution < -0.4 is 14.9 Å². The highest BCUT2D eigenvalue weighted by molar-refractivity contribution is 9.10. The Morgan fingerprint density at radius 2 is 1.86 bits per heavy atom. The molecule has 0 heterocycles. The Morgan fingerprint density at radius 1 is 1.14 bits per heavy atom. The highest BCUT2D eigenvalue weighted by atomic mass is 79.9. The third kappa shape index (κ3) is 7.89. The maximum absolute atomic E-state index is 12.0. The van der Waals surface area contributed by atoms with Gasteiger partial charge in [-0.05, 0) is 75.3 Å². The summed E-state index contributed by atoms with van der Waals surface area (Å²) in [4.78, 5) is 12.0. The molecule has 0 aromatic heterocycles. The van der Waals surface area contributed by atoms with Crippen LogP contribution in [0, 0.1) is 0 Å². The minimum Gasteiger partial charge on any atom is -0.494 e. The predicted octanol–water partition coefficient (Wildman–Crippen LogP) is 5.45. The Labute approximate surface area is 181 Å². The summed E-state index contributed by atoms with van der Waals surface area (Å²) in [7, 11) is 0. The van der Waals surface area contributed by atoms with Gasteiger partial charge in [0.15, 0.2) is 6.61 Å². The van der Waals surface area contributed by atoms with Gasteiger partial charge in [-0.1, -0.05) is 40.2 Å². The van der Waals surface area contributed by atoms with E-state index in [4.69, 9.17) is 9.47 Å². The fraction of sp³-hybridized carbons (Fsp3) is 0.391. The van der Waals surface area contributed by atoms with Crippen LogP contribution in [-0.4, -0.2) is 25.3 Å². The van der Waals surface area contributed by atoms with Gasteiger partial charge < -0.3 is 9.47 Å². The van der Waals surface area contributed by atoms with E-state index in [1.807, 2.05) is 42.5 Å². The lowest BCUT2D eigenvalue weighted by Crippen LogP contribution is -2.24. The number of nitrogens with zero attached hydrogens (tertiary/aromatic N) is 1. The first-order valence-corrected chi connectivity index (χ1v) is 10.6. The van der Waals surface area contributed by atoms with E-state index in [0.717, 1.165) is 35.2 Å². The van der Waals surface area contributed by atoms with Gasteiger partial charge in [-0.25, -0.2) is 5.43 Å². The zero-order valence-electron chi connectivity index (χ0n) is 17.5. The van der Waals surface area contributed by atoms with E-state index in [-0.39, 0.29) is 17.9 Å². The van der Waals surface area contributed by atoms with Crippen molar-refractivity contribution in [2.24, 2.45) is 5.10 Å². The zero-order valence-corrected chi connectivity index (χ0v) is 19.1. The molecule has 0 fully saturated rings. The third-order valence-electron chi connectivity index (χ3n) is 4.21. The largest absolute Gasteiger partial charge is 0.494 e. The molecule has 29 heavy (non-hydrogen) atoms. The molecule has 1 N–H and O–H groups in total. The van der Waals surface area contributed by atoms with Crippen molar-refractivity contribution >= 4 is 28.1 Å². The Balaban J connectivity index is 1.79.